The van der Waals surface area contributed by atoms with Crippen LogP contribution in [0.15, 0.2) is 29.2 Å². The molecule has 0 radical (unpaired) electrons. The van der Waals surface area contributed by atoms with Gasteiger partial charge in [0, 0.05) is 0 Å². The third kappa shape index (κ3) is 2.08. The Morgan fingerprint density at radius 1 is 1.36 bits per heavy atom. The van der Waals surface area contributed by atoms with Crippen LogP contribution in [-0.4, -0.2) is 33.4 Å². The van der Waals surface area contributed by atoms with Crippen LogP contribution in [0.1, 0.15) is 0 Å². The van der Waals surface area contributed by atoms with Gasteiger partial charge in [-0.1, -0.05) is 24.9 Å². The van der Waals surface area contributed by atoms with Gasteiger partial charge in [-0.05, 0) is 24.1 Å². The second-order valence-corrected chi connectivity index (χ2v) is 3.63. The Labute approximate surface area is 97.7 Å². The van der Waals surface area contributed by atoms with E-state index >= 15 is 0 Å². The molecule has 0 unspecified atom stereocenters. The van der Waals surface area contributed by atoms with Crippen LogP contribution in [0.4, 0.5) is 5.69 Å². The summed E-state index contributed by atoms with van der Waals surface area (Å²) in [4.78, 5) is 1.22. The summed E-state index contributed by atoms with van der Waals surface area (Å²) >= 11 is 5.70. The molecule has 1 aromatic rings. The van der Waals surface area contributed by atoms with E-state index in [-0.39, 0.29) is 29.6 Å². The molecule has 0 fully saturated rings. The molecule has 1 aliphatic heterocycles. The van der Waals surface area contributed by atoms with Crippen molar-refractivity contribution in [1.29, 1.82) is 0 Å². The van der Waals surface area contributed by atoms with Crippen molar-refractivity contribution in [2.45, 2.75) is 4.90 Å². The fourth-order valence-electron chi connectivity index (χ4n) is 0.858. The van der Waals surface area contributed by atoms with E-state index in [9.17, 15) is 0 Å². The number of hydrogen-bond acceptors (Lipinski definition) is 4. The van der Waals surface area contributed by atoms with Gasteiger partial charge in [0.2, 0.25) is 0 Å². The van der Waals surface area contributed by atoms with Gasteiger partial charge in [0.05, 0.1) is 10.6 Å². The third-order valence-electron chi connectivity index (χ3n) is 1.29. The fourth-order valence-corrected chi connectivity index (χ4v) is 1.91. The van der Waals surface area contributed by atoms with E-state index in [1.165, 1.54) is 4.90 Å². The quantitative estimate of drug-likeness (QED) is 0.370. The van der Waals surface area contributed by atoms with Crippen LogP contribution < -0.4 is 5.43 Å². The maximum atomic E-state index is 4.12. The van der Waals surface area contributed by atoms with Gasteiger partial charge >= 0.3 is 29.6 Å². The van der Waals surface area contributed by atoms with Crippen molar-refractivity contribution in [3.05, 3.63) is 24.3 Å². The van der Waals surface area contributed by atoms with Gasteiger partial charge in [-0.25, -0.2) is 0 Å². The van der Waals surface area contributed by atoms with Crippen molar-refractivity contribution in [3.8, 4) is 0 Å². The van der Waals surface area contributed by atoms with Crippen LogP contribution in [0.3, 0.4) is 0 Å². The zero-order valence-corrected chi connectivity index (χ0v) is 6.82. The van der Waals surface area contributed by atoms with E-state index in [0.29, 0.717) is 0 Å². The topological polar surface area (TPSA) is 15.3 Å². The molecule has 0 aromatic heterocycles. The molecular formula is C6H7N2NaS2. The number of rotatable bonds is 0. The molecule has 1 heterocycles. The summed E-state index contributed by atoms with van der Waals surface area (Å²) in [6.45, 7) is 0. The first-order valence-corrected chi connectivity index (χ1v) is 4.06. The zero-order chi connectivity index (χ0) is 6.97. The standard InChI is InChI=1S/C6H6N2S2.Na.H/c9-8-7-5-3-1-2-4-6(5)10-8;;/h1-4,7,9H;;. The molecule has 1 aliphatic rings. The Morgan fingerprint density at radius 3 is 2.82 bits per heavy atom. The Hall–Kier alpha value is 0.680. The average Bonchev–Trinajstić information content (AvgIpc) is 2.27. The number of nitrogens with one attached hydrogen (secondary N) is 1. The molecule has 2 rings (SSSR count). The number of thiol groups is 1. The Bertz CT molecular complexity index is 231. The Kier molecular flexibility index (Phi) is 3.61. The van der Waals surface area contributed by atoms with Crippen LogP contribution in [0, 0.1) is 0 Å². The molecule has 0 saturated carbocycles. The number of nitrogens with zero attached hydrogens (tertiary/aromatic N) is 1. The molecule has 0 spiro atoms. The molecule has 1 N–H and O–H groups in total. The van der Waals surface area contributed by atoms with Crippen LogP contribution in [0.2, 0.25) is 0 Å². The molecule has 54 valence electrons. The molecule has 0 aliphatic carbocycles. The third-order valence-corrected chi connectivity index (χ3v) is 2.45. The van der Waals surface area contributed by atoms with Crippen molar-refractivity contribution < 1.29 is 0 Å². The van der Waals surface area contributed by atoms with Crippen molar-refractivity contribution in [1.82, 2.24) is 3.82 Å². The summed E-state index contributed by atoms with van der Waals surface area (Å²) in [5.41, 5.74) is 4.19. The van der Waals surface area contributed by atoms with Gasteiger partial charge in [0.25, 0.3) is 0 Å². The van der Waals surface area contributed by atoms with Gasteiger partial charge < -0.3 is 0 Å². The molecule has 0 saturated heterocycles. The minimum absolute atomic E-state index is 0. The average molecular weight is 194 g/mol. The molecule has 1 aromatic carbocycles. The maximum absolute atomic E-state index is 4.12. The number of hydrazine groups is 1. The molecule has 5 heteroatoms. The van der Waals surface area contributed by atoms with Gasteiger partial charge in [0.15, 0.2) is 0 Å². The molecule has 0 atom stereocenters. The first-order chi connectivity index (χ1) is 4.86. The summed E-state index contributed by atoms with van der Waals surface area (Å²) in [6.07, 6.45) is 0. The van der Waals surface area contributed by atoms with Gasteiger partial charge in [-0.3, -0.25) is 5.43 Å². The summed E-state index contributed by atoms with van der Waals surface area (Å²) in [5.74, 6) is 0. The monoisotopic (exact) mass is 194 g/mol. The number of anilines is 1. The molecule has 0 amide bonds. The summed E-state index contributed by atoms with van der Waals surface area (Å²) in [5, 5.41) is 0. The summed E-state index contributed by atoms with van der Waals surface area (Å²) in [7, 11) is 0. The van der Waals surface area contributed by atoms with E-state index in [4.69, 9.17) is 0 Å². The van der Waals surface area contributed by atoms with Crippen molar-refractivity contribution in [3.63, 3.8) is 0 Å². The zero-order valence-electron chi connectivity index (χ0n) is 5.11. The van der Waals surface area contributed by atoms with E-state index < -0.39 is 0 Å². The van der Waals surface area contributed by atoms with Crippen molar-refractivity contribution in [2.24, 2.45) is 0 Å². The van der Waals surface area contributed by atoms with E-state index in [2.05, 4.69) is 24.3 Å². The molecule has 0 bridgehead atoms. The van der Waals surface area contributed by atoms with Crippen molar-refractivity contribution in [2.75, 3.05) is 5.43 Å². The predicted molar refractivity (Wildman–Crippen MR) is 53.9 cm³/mol. The number of fused-ring (bicyclic) bond motifs is 1. The molecular weight excluding hydrogens is 187 g/mol. The van der Waals surface area contributed by atoms with Crippen LogP contribution >= 0.6 is 24.8 Å². The van der Waals surface area contributed by atoms with Gasteiger partial charge in [-0.15, -0.1) is 3.82 Å². The number of benzene rings is 1. The van der Waals surface area contributed by atoms with Crippen LogP contribution in [0.5, 0.6) is 0 Å². The molecule has 2 nitrogen and oxygen atoms in total. The van der Waals surface area contributed by atoms with E-state index in [1.807, 2.05) is 18.2 Å². The van der Waals surface area contributed by atoms with Crippen molar-refractivity contribution >= 4 is 60.0 Å². The summed E-state index contributed by atoms with van der Waals surface area (Å²) < 4.78 is 1.69. The summed E-state index contributed by atoms with van der Waals surface area (Å²) in [6, 6.07) is 8.10. The fraction of sp³-hybridized carbons (Fsp3) is 0. The second-order valence-electron chi connectivity index (χ2n) is 1.97. The first-order valence-electron chi connectivity index (χ1n) is 2.89. The minimum atomic E-state index is 0. The second kappa shape index (κ2) is 4.07. The van der Waals surface area contributed by atoms with E-state index in [0.717, 1.165) is 5.69 Å². The SMILES string of the molecule is SN1Nc2ccccc2S1.[NaH]. The molecule has 11 heavy (non-hydrogen) atoms. The van der Waals surface area contributed by atoms with Crippen LogP contribution in [-0.2, 0) is 0 Å². The normalized spacial score (nSPS) is 15.0. The number of hydrogen-bond donors (Lipinski definition) is 2. The van der Waals surface area contributed by atoms with Gasteiger partial charge in [-0.2, -0.15) is 0 Å². The van der Waals surface area contributed by atoms with Gasteiger partial charge in [0.1, 0.15) is 0 Å². The Balaban J connectivity index is 0.000000605. The number of para-hydroxylation sites is 1. The van der Waals surface area contributed by atoms with Crippen LogP contribution in [0.25, 0.3) is 0 Å². The predicted octanol–water partition coefficient (Wildman–Crippen LogP) is 1.53. The first kappa shape index (κ1) is 9.77. The Morgan fingerprint density at radius 2 is 2.09 bits per heavy atom. The van der Waals surface area contributed by atoms with E-state index in [1.54, 1.807) is 15.8 Å².